The van der Waals surface area contributed by atoms with Gasteiger partial charge in [0.1, 0.15) is 5.82 Å². The van der Waals surface area contributed by atoms with Crippen LogP contribution in [-0.4, -0.2) is 9.78 Å². The first-order valence-corrected chi connectivity index (χ1v) is 8.55. The van der Waals surface area contributed by atoms with Gasteiger partial charge >= 0.3 is 0 Å². The van der Waals surface area contributed by atoms with Crippen LogP contribution in [0.5, 0.6) is 0 Å². The van der Waals surface area contributed by atoms with Gasteiger partial charge in [0.15, 0.2) is 0 Å². The number of rotatable bonds is 6. The normalized spacial score (nSPS) is 11.0. The molecule has 2 aromatic carbocycles. The fourth-order valence-electron chi connectivity index (χ4n) is 2.97. The molecule has 0 aliphatic rings. The molecule has 0 fully saturated rings. The number of nitrogens with zero attached hydrogens (tertiary/aromatic N) is 2. The molecule has 0 amide bonds. The Morgan fingerprint density at radius 1 is 1.00 bits per heavy atom. The van der Waals surface area contributed by atoms with Crippen molar-refractivity contribution in [1.29, 1.82) is 0 Å². The molecule has 3 rings (SSSR count). The van der Waals surface area contributed by atoms with E-state index in [-0.39, 0.29) is 5.82 Å². The van der Waals surface area contributed by atoms with E-state index in [1.54, 1.807) is 12.1 Å². The van der Waals surface area contributed by atoms with Crippen LogP contribution in [0.15, 0.2) is 54.6 Å². The first-order valence-electron chi connectivity index (χ1n) is 8.55. The van der Waals surface area contributed by atoms with Crippen LogP contribution in [0, 0.1) is 12.7 Å². The molecule has 3 aromatic rings. The zero-order chi connectivity index (χ0) is 16.9. The number of unbranched alkanes of at least 4 members (excludes halogenated alkanes) is 1. The lowest BCUT2D eigenvalue weighted by Crippen LogP contribution is -2.03. The topological polar surface area (TPSA) is 17.8 Å². The molecule has 0 saturated carbocycles. The van der Waals surface area contributed by atoms with Crippen LogP contribution in [-0.2, 0) is 12.8 Å². The summed E-state index contributed by atoms with van der Waals surface area (Å²) in [5, 5.41) is 4.57. The van der Waals surface area contributed by atoms with Crippen molar-refractivity contribution in [2.24, 2.45) is 0 Å². The number of benzene rings is 2. The van der Waals surface area contributed by atoms with E-state index in [1.807, 2.05) is 11.6 Å². The number of hydrogen-bond donors (Lipinski definition) is 0. The molecule has 0 unspecified atom stereocenters. The van der Waals surface area contributed by atoms with E-state index in [4.69, 9.17) is 0 Å². The zero-order valence-corrected chi connectivity index (χ0v) is 14.3. The minimum atomic E-state index is -0.229. The monoisotopic (exact) mass is 322 g/mol. The van der Waals surface area contributed by atoms with Crippen LogP contribution in [0.4, 0.5) is 4.39 Å². The lowest BCUT2D eigenvalue weighted by atomic mass is 10.0. The molecule has 0 saturated heterocycles. The Balaban J connectivity index is 1.87. The Kier molecular flexibility index (Phi) is 5.09. The second kappa shape index (κ2) is 7.43. The van der Waals surface area contributed by atoms with E-state index in [0.717, 1.165) is 29.9 Å². The van der Waals surface area contributed by atoms with Crippen LogP contribution in [0.25, 0.3) is 5.69 Å². The Hall–Kier alpha value is -2.42. The van der Waals surface area contributed by atoms with Crippen molar-refractivity contribution in [1.82, 2.24) is 9.78 Å². The summed E-state index contributed by atoms with van der Waals surface area (Å²) in [7, 11) is 0. The summed E-state index contributed by atoms with van der Waals surface area (Å²) >= 11 is 0. The molecule has 0 atom stereocenters. The highest BCUT2D eigenvalue weighted by Gasteiger charge is 2.09. The van der Waals surface area contributed by atoms with Crippen molar-refractivity contribution >= 4 is 0 Å². The maximum absolute atomic E-state index is 13.2. The molecule has 1 heterocycles. The van der Waals surface area contributed by atoms with Gasteiger partial charge in [0.25, 0.3) is 0 Å². The lowest BCUT2D eigenvalue weighted by molar-refractivity contribution is 0.626. The summed E-state index contributed by atoms with van der Waals surface area (Å²) in [6, 6.07) is 17.4. The summed E-state index contributed by atoms with van der Waals surface area (Å²) in [4.78, 5) is 0. The fraction of sp³-hybridized carbons (Fsp3) is 0.286. The molecule has 0 spiro atoms. The Morgan fingerprint density at radius 2 is 1.75 bits per heavy atom. The molecule has 24 heavy (non-hydrogen) atoms. The third-order valence-corrected chi connectivity index (χ3v) is 4.17. The second-order valence-corrected chi connectivity index (χ2v) is 6.27. The Bertz CT molecular complexity index is 803. The summed E-state index contributed by atoms with van der Waals surface area (Å²) in [5.41, 5.74) is 5.65. The molecular formula is C21H23FN2. The molecule has 0 radical (unpaired) electrons. The van der Waals surface area contributed by atoms with Gasteiger partial charge in [-0.05, 0) is 61.2 Å². The molecule has 1 aromatic heterocycles. The van der Waals surface area contributed by atoms with Gasteiger partial charge in [-0.25, -0.2) is 9.07 Å². The van der Waals surface area contributed by atoms with Crippen LogP contribution in [0.1, 0.15) is 42.3 Å². The predicted molar refractivity (Wildman–Crippen MR) is 96.1 cm³/mol. The maximum Gasteiger partial charge on any atom is 0.123 e. The highest BCUT2D eigenvalue weighted by Crippen LogP contribution is 2.18. The Labute approximate surface area is 143 Å². The average Bonchev–Trinajstić information content (AvgIpc) is 2.94. The standard InChI is InChI=1S/C21H23FN2/c1-3-4-6-17-7-5-8-18(14-17)15-21-13-16(2)23-24(21)20-11-9-19(22)10-12-20/h5,7-14H,3-4,6,15H2,1-2H3. The smallest absolute Gasteiger partial charge is 0.123 e. The number of hydrogen-bond acceptors (Lipinski definition) is 1. The quantitative estimate of drug-likeness (QED) is 0.606. The molecular weight excluding hydrogens is 299 g/mol. The molecule has 0 aliphatic heterocycles. The molecule has 2 nitrogen and oxygen atoms in total. The van der Waals surface area contributed by atoms with Gasteiger partial charge in [0.2, 0.25) is 0 Å². The minimum Gasteiger partial charge on any atom is -0.237 e. The minimum absolute atomic E-state index is 0.229. The molecule has 124 valence electrons. The van der Waals surface area contributed by atoms with Crippen LogP contribution in [0.3, 0.4) is 0 Å². The fourth-order valence-corrected chi connectivity index (χ4v) is 2.97. The average molecular weight is 322 g/mol. The van der Waals surface area contributed by atoms with Gasteiger partial charge in [-0.3, -0.25) is 0 Å². The predicted octanol–water partition coefficient (Wildman–Crippen LogP) is 5.25. The van der Waals surface area contributed by atoms with Crippen molar-refractivity contribution in [2.75, 3.05) is 0 Å². The molecule has 0 aliphatic carbocycles. The highest BCUT2D eigenvalue weighted by atomic mass is 19.1. The van der Waals surface area contributed by atoms with Gasteiger partial charge in [-0.2, -0.15) is 5.10 Å². The van der Waals surface area contributed by atoms with E-state index in [2.05, 4.69) is 42.4 Å². The van der Waals surface area contributed by atoms with Crippen molar-refractivity contribution in [3.63, 3.8) is 0 Å². The van der Waals surface area contributed by atoms with E-state index >= 15 is 0 Å². The van der Waals surface area contributed by atoms with E-state index in [9.17, 15) is 4.39 Å². The molecule has 3 heteroatoms. The molecule has 0 bridgehead atoms. The summed E-state index contributed by atoms with van der Waals surface area (Å²) in [6.07, 6.45) is 4.37. The summed E-state index contributed by atoms with van der Waals surface area (Å²) < 4.78 is 15.1. The molecule has 0 N–H and O–H groups in total. The van der Waals surface area contributed by atoms with Crippen molar-refractivity contribution in [3.05, 3.63) is 82.9 Å². The van der Waals surface area contributed by atoms with E-state index in [0.29, 0.717) is 0 Å². The largest absolute Gasteiger partial charge is 0.237 e. The zero-order valence-electron chi connectivity index (χ0n) is 14.3. The van der Waals surface area contributed by atoms with Gasteiger partial charge in [0.05, 0.1) is 11.4 Å². The summed E-state index contributed by atoms with van der Waals surface area (Å²) in [6.45, 7) is 4.20. The second-order valence-electron chi connectivity index (χ2n) is 6.27. The van der Waals surface area contributed by atoms with Gasteiger partial charge in [-0.1, -0.05) is 37.6 Å². The first-order chi connectivity index (χ1) is 11.7. The maximum atomic E-state index is 13.2. The van der Waals surface area contributed by atoms with Crippen molar-refractivity contribution in [2.45, 2.75) is 39.5 Å². The third kappa shape index (κ3) is 3.91. The first kappa shape index (κ1) is 16.4. The summed E-state index contributed by atoms with van der Waals surface area (Å²) in [5.74, 6) is -0.229. The number of aromatic nitrogens is 2. The number of halogens is 1. The van der Waals surface area contributed by atoms with Crippen LogP contribution >= 0.6 is 0 Å². The van der Waals surface area contributed by atoms with Crippen LogP contribution in [0.2, 0.25) is 0 Å². The van der Waals surface area contributed by atoms with E-state index < -0.39 is 0 Å². The highest BCUT2D eigenvalue weighted by molar-refractivity contribution is 5.36. The Morgan fingerprint density at radius 3 is 2.50 bits per heavy atom. The van der Waals surface area contributed by atoms with Crippen molar-refractivity contribution in [3.8, 4) is 5.69 Å². The van der Waals surface area contributed by atoms with Gasteiger partial charge < -0.3 is 0 Å². The van der Waals surface area contributed by atoms with Gasteiger partial charge in [-0.15, -0.1) is 0 Å². The third-order valence-electron chi connectivity index (χ3n) is 4.17. The van der Waals surface area contributed by atoms with Crippen molar-refractivity contribution < 1.29 is 4.39 Å². The van der Waals surface area contributed by atoms with E-state index in [1.165, 1.54) is 36.1 Å². The van der Waals surface area contributed by atoms with Gasteiger partial charge in [0, 0.05) is 12.1 Å². The van der Waals surface area contributed by atoms with Crippen LogP contribution < -0.4 is 0 Å². The SMILES string of the molecule is CCCCc1cccc(Cc2cc(C)nn2-c2ccc(F)cc2)c1. The number of aryl methyl sites for hydroxylation is 2. The lowest BCUT2D eigenvalue weighted by Gasteiger charge is -2.09.